The summed E-state index contributed by atoms with van der Waals surface area (Å²) in [4.78, 5) is 0. The lowest BCUT2D eigenvalue weighted by molar-refractivity contribution is 0.587. The van der Waals surface area contributed by atoms with Crippen molar-refractivity contribution < 1.29 is 8.78 Å². The van der Waals surface area contributed by atoms with Gasteiger partial charge in [-0.1, -0.05) is 6.92 Å². The lowest BCUT2D eigenvalue weighted by Gasteiger charge is -2.12. The Labute approximate surface area is 97.7 Å². The molecule has 1 aromatic rings. The van der Waals surface area contributed by atoms with Gasteiger partial charge in [-0.15, -0.1) is 0 Å². The van der Waals surface area contributed by atoms with Crippen LogP contribution in [-0.2, 0) is 0 Å². The van der Waals surface area contributed by atoms with Gasteiger partial charge in [0.15, 0.2) is 11.6 Å². The van der Waals surface area contributed by atoms with Crippen molar-refractivity contribution in [3.8, 4) is 6.07 Å². The Bertz CT molecular complexity index is 392. The van der Waals surface area contributed by atoms with Crippen molar-refractivity contribution in [2.24, 2.45) is 0 Å². The van der Waals surface area contributed by atoms with E-state index in [4.69, 9.17) is 5.26 Å². The van der Waals surface area contributed by atoms with E-state index < -0.39 is 11.6 Å². The third kappa shape index (κ3) is 3.11. The highest BCUT2D eigenvalue weighted by Gasteiger charge is 2.11. The van der Waals surface area contributed by atoms with Gasteiger partial charge < -0.3 is 5.32 Å². The molecule has 0 fully saturated rings. The van der Waals surface area contributed by atoms with E-state index in [0.29, 0.717) is 6.54 Å². The standard InChI is InChI=1S/C11H12F2N2S/c1-7(16-2)6-15-11-9(12)3-8(5-14)4-10(11)13/h3-4,7,15H,6H2,1-2H3. The molecule has 0 aromatic heterocycles. The Balaban J connectivity index is 2.85. The second-order valence-corrected chi connectivity index (χ2v) is 4.63. The molecule has 2 nitrogen and oxygen atoms in total. The highest BCUT2D eigenvalue weighted by Crippen LogP contribution is 2.21. The van der Waals surface area contributed by atoms with Crippen LogP contribution in [0.5, 0.6) is 0 Å². The van der Waals surface area contributed by atoms with Crippen LogP contribution in [0.2, 0.25) is 0 Å². The number of hydrogen-bond donors (Lipinski definition) is 1. The van der Waals surface area contributed by atoms with Gasteiger partial charge in [-0.2, -0.15) is 17.0 Å². The van der Waals surface area contributed by atoms with Crippen LogP contribution in [-0.4, -0.2) is 18.1 Å². The molecular formula is C11H12F2N2S. The van der Waals surface area contributed by atoms with Gasteiger partial charge in [0.25, 0.3) is 0 Å². The number of nitrogens with zero attached hydrogens (tertiary/aromatic N) is 1. The molecule has 0 saturated heterocycles. The van der Waals surface area contributed by atoms with Crippen molar-refractivity contribution in [2.75, 3.05) is 18.1 Å². The van der Waals surface area contributed by atoms with Crippen molar-refractivity contribution in [3.63, 3.8) is 0 Å². The summed E-state index contributed by atoms with van der Waals surface area (Å²) >= 11 is 1.60. The van der Waals surface area contributed by atoms with Crippen molar-refractivity contribution in [2.45, 2.75) is 12.2 Å². The first kappa shape index (κ1) is 12.8. The first-order chi connectivity index (χ1) is 7.58. The fraction of sp³-hybridized carbons (Fsp3) is 0.364. The van der Waals surface area contributed by atoms with Crippen LogP contribution < -0.4 is 5.32 Å². The molecule has 1 atom stereocenters. The number of nitrogens with one attached hydrogen (secondary N) is 1. The molecule has 0 aliphatic heterocycles. The minimum Gasteiger partial charge on any atom is -0.379 e. The fourth-order valence-corrected chi connectivity index (χ4v) is 1.39. The lowest BCUT2D eigenvalue weighted by atomic mass is 10.2. The van der Waals surface area contributed by atoms with Gasteiger partial charge in [0.2, 0.25) is 0 Å². The summed E-state index contributed by atoms with van der Waals surface area (Å²) < 4.78 is 26.8. The smallest absolute Gasteiger partial charge is 0.150 e. The first-order valence-electron chi connectivity index (χ1n) is 4.74. The summed E-state index contributed by atoms with van der Waals surface area (Å²) in [6.45, 7) is 2.43. The molecule has 1 unspecified atom stereocenters. The van der Waals surface area contributed by atoms with Crippen LogP contribution in [0.25, 0.3) is 0 Å². The summed E-state index contributed by atoms with van der Waals surface area (Å²) in [5.74, 6) is -1.46. The molecule has 1 N–H and O–H groups in total. The Morgan fingerprint density at radius 3 is 2.44 bits per heavy atom. The summed E-state index contributed by atoms with van der Waals surface area (Å²) in [5.41, 5.74) is -0.182. The zero-order chi connectivity index (χ0) is 12.1. The Morgan fingerprint density at radius 1 is 1.44 bits per heavy atom. The van der Waals surface area contributed by atoms with Crippen LogP contribution in [0.3, 0.4) is 0 Å². The highest BCUT2D eigenvalue weighted by molar-refractivity contribution is 7.99. The molecule has 0 aliphatic rings. The summed E-state index contributed by atoms with van der Waals surface area (Å²) in [6.07, 6.45) is 1.93. The van der Waals surface area contributed by atoms with Gasteiger partial charge in [0.05, 0.1) is 11.6 Å². The summed E-state index contributed by atoms with van der Waals surface area (Å²) in [7, 11) is 0. The van der Waals surface area contributed by atoms with Gasteiger partial charge >= 0.3 is 0 Å². The predicted octanol–water partition coefficient (Wildman–Crippen LogP) is 3.00. The zero-order valence-electron chi connectivity index (χ0n) is 9.05. The maximum absolute atomic E-state index is 13.4. The largest absolute Gasteiger partial charge is 0.379 e. The zero-order valence-corrected chi connectivity index (χ0v) is 9.87. The van der Waals surface area contributed by atoms with Crippen molar-refractivity contribution in [3.05, 3.63) is 29.3 Å². The van der Waals surface area contributed by atoms with Gasteiger partial charge in [-0.25, -0.2) is 8.78 Å². The topological polar surface area (TPSA) is 35.8 Å². The summed E-state index contributed by atoms with van der Waals surface area (Å²) in [6, 6.07) is 3.75. The number of rotatable bonds is 4. The van der Waals surface area contributed by atoms with E-state index in [9.17, 15) is 8.78 Å². The van der Waals surface area contributed by atoms with Crippen molar-refractivity contribution >= 4 is 17.4 Å². The monoisotopic (exact) mass is 242 g/mol. The van der Waals surface area contributed by atoms with Gasteiger partial charge in [0, 0.05) is 11.8 Å². The van der Waals surface area contributed by atoms with E-state index in [-0.39, 0.29) is 16.5 Å². The molecule has 0 radical (unpaired) electrons. The van der Waals surface area contributed by atoms with Crippen LogP contribution in [0, 0.1) is 23.0 Å². The average molecular weight is 242 g/mol. The number of halogens is 2. The number of anilines is 1. The quantitative estimate of drug-likeness (QED) is 0.881. The van der Waals surface area contributed by atoms with Gasteiger partial charge in [-0.05, 0) is 18.4 Å². The molecule has 0 aliphatic carbocycles. The van der Waals surface area contributed by atoms with Crippen LogP contribution in [0.1, 0.15) is 12.5 Å². The molecule has 0 bridgehead atoms. The highest BCUT2D eigenvalue weighted by atomic mass is 32.2. The molecule has 0 spiro atoms. The molecule has 5 heteroatoms. The lowest BCUT2D eigenvalue weighted by Crippen LogP contribution is -2.14. The van der Waals surface area contributed by atoms with Crippen LogP contribution in [0.15, 0.2) is 12.1 Å². The number of benzene rings is 1. The molecule has 1 aromatic carbocycles. The Kier molecular flexibility index (Phi) is 4.56. The minimum atomic E-state index is -0.732. The molecule has 86 valence electrons. The molecule has 0 amide bonds. The Hall–Kier alpha value is -1.28. The predicted molar refractivity (Wildman–Crippen MR) is 62.5 cm³/mol. The van der Waals surface area contributed by atoms with Crippen LogP contribution in [0.4, 0.5) is 14.5 Å². The number of thioether (sulfide) groups is 1. The van der Waals surface area contributed by atoms with Crippen molar-refractivity contribution in [1.29, 1.82) is 5.26 Å². The van der Waals surface area contributed by atoms with Crippen molar-refractivity contribution in [1.82, 2.24) is 0 Å². The third-order valence-electron chi connectivity index (χ3n) is 2.14. The van der Waals surface area contributed by atoms with E-state index in [0.717, 1.165) is 12.1 Å². The number of nitriles is 1. The minimum absolute atomic E-state index is 0.0153. The third-order valence-corrected chi connectivity index (χ3v) is 3.11. The van der Waals surface area contributed by atoms with Gasteiger partial charge in [-0.3, -0.25) is 0 Å². The molecule has 16 heavy (non-hydrogen) atoms. The van der Waals surface area contributed by atoms with E-state index in [1.165, 1.54) is 0 Å². The molecule has 1 rings (SSSR count). The normalized spacial score (nSPS) is 11.9. The molecule has 0 heterocycles. The van der Waals surface area contributed by atoms with E-state index in [1.54, 1.807) is 17.8 Å². The maximum atomic E-state index is 13.4. The second-order valence-electron chi connectivity index (χ2n) is 3.35. The van der Waals surface area contributed by atoms with E-state index in [1.807, 2.05) is 13.2 Å². The van der Waals surface area contributed by atoms with E-state index in [2.05, 4.69) is 5.32 Å². The Morgan fingerprint density at radius 2 is 2.00 bits per heavy atom. The molecular weight excluding hydrogens is 230 g/mol. The summed E-state index contributed by atoms with van der Waals surface area (Å²) in [5, 5.41) is 11.5. The first-order valence-corrected chi connectivity index (χ1v) is 6.03. The SMILES string of the molecule is CSC(C)CNc1c(F)cc(C#N)cc1F. The van der Waals surface area contributed by atoms with Gasteiger partial charge in [0.1, 0.15) is 5.69 Å². The fourth-order valence-electron chi connectivity index (χ4n) is 1.14. The molecule has 0 saturated carbocycles. The van der Waals surface area contributed by atoms with E-state index >= 15 is 0 Å². The second kappa shape index (κ2) is 5.71. The van der Waals surface area contributed by atoms with Crippen LogP contribution >= 0.6 is 11.8 Å². The average Bonchev–Trinajstić information content (AvgIpc) is 2.27. The number of hydrogen-bond acceptors (Lipinski definition) is 3. The maximum Gasteiger partial charge on any atom is 0.150 e.